The van der Waals surface area contributed by atoms with Crippen molar-refractivity contribution in [3.8, 4) is 5.75 Å². The zero-order valence-corrected chi connectivity index (χ0v) is 11.6. The van der Waals surface area contributed by atoms with E-state index in [2.05, 4.69) is 0 Å². The lowest BCUT2D eigenvalue weighted by Crippen LogP contribution is -2.31. The Bertz CT molecular complexity index is 515. The zero-order chi connectivity index (χ0) is 13.4. The second-order valence-corrected chi connectivity index (χ2v) is 5.93. The number of nitrogens with two attached hydrogens (primary N) is 1. The lowest BCUT2D eigenvalue weighted by molar-refractivity contribution is -0.122. The minimum Gasteiger partial charge on any atom is -0.493 e. The molecule has 3 nitrogen and oxygen atoms in total. The molecule has 3 rings (SSSR count). The number of rotatable bonds is 3. The predicted molar refractivity (Wildman–Crippen MR) is 74.7 cm³/mol. The number of Topliss-reactive ketones (excluding diaryl/α,β-unsaturated/α-hetero) is 1. The highest BCUT2D eigenvalue weighted by Gasteiger charge is 2.31. The van der Waals surface area contributed by atoms with Gasteiger partial charge in [0.2, 0.25) is 0 Å². The van der Waals surface area contributed by atoms with Gasteiger partial charge in [-0.2, -0.15) is 0 Å². The molecule has 4 heteroatoms. The molecule has 1 saturated carbocycles. The summed E-state index contributed by atoms with van der Waals surface area (Å²) in [5, 5.41) is 0.683. The largest absolute Gasteiger partial charge is 0.493 e. The maximum atomic E-state index is 12.4. The van der Waals surface area contributed by atoms with Gasteiger partial charge in [0.25, 0.3) is 0 Å². The molecule has 0 spiro atoms. The van der Waals surface area contributed by atoms with Crippen LogP contribution < -0.4 is 10.5 Å². The molecule has 2 N–H and O–H groups in total. The average Bonchev–Trinajstić information content (AvgIpc) is 2.97. The van der Waals surface area contributed by atoms with Gasteiger partial charge in [0.05, 0.1) is 6.61 Å². The number of carbonyl (C=O) groups is 1. The van der Waals surface area contributed by atoms with E-state index in [0.29, 0.717) is 18.1 Å². The van der Waals surface area contributed by atoms with Gasteiger partial charge < -0.3 is 10.5 Å². The molecular formula is C15H18ClNO2. The van der Waals surface area contributed by atoms with Crippen molar-refractivity contribution in [2.45, 2.75) is 38.1 Å². The first-order valence-corrected chi connectivity index (χ1v) is 7.25. The molecule has 2 aliphatic rings. The van der Waals surface area contributed by atoms with E-state index in [9.17, 15) is 4.79 Å². The van der Waals surface area contributed by atoms with Crippen LogP contribution >= 0.6 is 11.6 Å². The van der Waals surface area contributed by atoms with E-state index in [-0.39, 0.29) is 17.7 Å². The van der Waals surface area contributed by atoms with Crippen LogP contribution in [0.1, 0.15) is 30.4 Å². The summed E-state index contributed by atoms with van der Waals surface area (Å²) in [6, 6.07) is 3.81. The minimum absolute atomic E-state index is 0.0102. The van der Waals surface area contributed by atoms with Crippen molar-refractivity contribution in [2.75, 3.05) is 6.61 Å². The van der Waals surface area contributed by atoms with Gasteiger partial charge in [0, 0.05) is 35.4 Å². The van der Waals surface area contributed by atoms with Crippen LogP contribution in [0.25, 0.3) is 0 Å². The van der Waals surface area contributed by atoms with Crippen LogP contribution in [0, 0.1) is 5.92 Å². The van der Waals surface area contributed by atoms with Gasteiger partial charge in [-0.3, -0.25) is 4.79 Å². The fourth-order valence-corrected chi connectivity index (χ4v) is 3.45. The Morgan fingerprint density at radius 1 is 1.42 bits per heavy atom. The smallest absolute Gasteiger partial charge is 0.142 e. The van der Waals surface area contributed by atoms with Gasteiger partial charge in [0.15, 0.2) is 0 Å². The molecule has 1 aromatic rings. The highest BCUT2D eigenvalue weighted by Crippen LogP contribution is 2.34. The van der Waals surface area contributed by atoms with E-state index in [1.54, 1.807) is 0 Å². The zero-order valence-electron chi connectivity index (χ0n) is 10.8. The summed E-state index contributed by atoms with van der Waals surface area (Å²) in [4.78, 5) is 12.4. The van der Waals surface area contributed by atoms with Crippen LogP contribution in [0.15, 0.2) is 12.1 Å². The second kappa shape index (κ2) is 5.14. The first kappa shape index (κ1) is 12.9. The van der Waals surface area contributed by atoms with Gasteiger partial charge in [-0.25, -0.2) is 0 Å². The molecule has 0 amide bonds. The number of halogens is 1. The van der Waals surface area contributed by atoms with Crippen molar-refractivity contribution in [1.82, 2.24) is 0 Å². The third kappa shape index (κ3) is 2.49. The molecule has 102 valence electrons. The van der Waals surface area contributed by atoms with Crippen LogP contribution in [0.2, 0.25) is 5.02 Å². The fraction of sp³-hybridized carbons (Fsp3) is 0.533. The van der Waals surface area contributed by atoms with Gasteiger partial charge in [0.1, 0.15) is 11.5 Å². The number of ether oxygens (including phenoxy) is 1. The topological polar surface area (TPSA) is 52.3 Å². The average molecular weight is 280 g/mol. The van der Waals surface area contributed by atoms with Crippen molar-refractivity contribution in [2.24, 2.45) is 11.7 Å². The number of carbonyl (C=O) groups excluding carboxylic acids is 1. The van der Waals surface area contributed by atoms with Crippen LogP contribution in [-0.4, -0.2) is 18.4 Å². The molecule has 1 aliphatic heterocycles. The number of hydrogen-bond donors (Lipinski definition) is 1. The summed E-state index contributed by atoms with van der Waals surface area (Å²) < 4.78 is 5.63. The Labute approximate surface area is 118 Å². The maximum absolute atomic E-state index is 12.4. The van der Waals surface area contributed by atoms with Crippen molar-refractivity contribution in [3.63, 3.8) is 0 Å². The molecule has 19 heavy (non-hydrogen) atoms. The third-order valence-electron chi connectivity index (χ3n) is 4.17. The Balaban J connectivity index is 1.82. The molecule has 2 unspecified atom stereocenters. The Morgan fingerprint density at radius 2 is 2.26 bits per heavy atom. The molecule has 1 aliphatic carbocycles. The SMILES string of the molecule is NC1CCCC1C(=O)Cc1cc(Cl)cc2c1OCC2. The summed E-state index contributed by atoms with van der Waals surface area (Å²) in [7, 11) is 0. The normalized spacial score (nSPS) is 25.2. The van der Waals surface area contributed by atoms with E-state index < -0.39 is 0 Å². The highest BCUT2D eigenvalue weighted by molar-refractivity contribution is 6.30. The third-order valence-corrected chi connectivity index (χ3v) is 4.39. The maximum Gasteiger partial charge on any atom is 0.142 e. The van der Waals surface area contributed by atoms with E-state index in [4.69, 9.17) is 22.1 Å². The fourth-order valence-electron chi connectivity index (χ4n) is 3.18. The van der Waals surface area contributed by atoms with Crippen molar-refractivity contribution in [3.05, 3.63) is 28.3 Å². The summed E-state index contributed by atoms with van der Waals surface area (Å²) in [6.45, 7) is 0.680. The summed E-state index contributed by atoms with van der Waals surface area (Å²) in [6.07, 6.45) is 4.20. The molecule has 1 aromatic carbocycles. The van der Waals surface area contributed by atoms with Gasteiger partial charge >= 0.3 is 0 Å². The van der Waals surface area contributed by atoms with Crippen molar-refractivity contribution in [1.29, 1.82) is 0 Å². The summed E-state index contributed by atoms with van der Waals surface area (Å²) in [5.41, 5.74) is 8.04. The van der Waals surface area contributed by atoms with Crippen LogP contribution in [0.3, 0.4) is 0 Å². The van der Waals surface area contributed by atoms with Crippen LogP contribution in [-0.2, 0) is 17.6 Å². The molecule has 2 atom stereocenters. The monoisotopic (exact) mass is 279 g/mol. The Morgan fingerprint density at radius 3 is 3.00 bits per heavy atom. The van der Waals surface area contributed by atoms with E-state index in [1.807, 2.05) is 12.1 Å². The van der Waals surface area contributed by atoms with Crippen LogP contribution in [0.5, 0.6) is 5.75 Å². The minimum atomic E-state index is 0.0102. The summed E-state index contributed by atoms with van der Waals surface area (Å²) in [5.74, 6) is 1.10. The Kier molecular flexibility index (Phi) is 3.50. The molecule has 0 bridgehead atoms. The molecule has 0 aromatic heterocycles. The number of fused-ring (bicyclic) bond motifs is 1. The molecule has 1 heterocycles. The van der Waals surface area contributed by atoms with E-state index in [1.165, 1.54) is 0 Å². The van der Waals surface area contributed by atoms with Crippen LogP contribution in [0.4, 0.5) is 0 Å². The van der Waals surface area contributed by atoms with E-state index >= 15 is 0 Å². The number of ketones is 1. The molecule has 0 radical (unpaired) electrons. The number of hydrogen-bond acceptors (Lipinski definition) is 3. The quantitative estimate of drug-likeness (QED) is 0.925. The van der Waals surface area contributed by atoms with Gasteiger partial charge in [-0.15, -0.1) is 0 Å². The molecule has 1 fully saturated rings. The van der Waals surface area contributed by atoms with Gasteiger partial charge in [-0.05, 0) is 30.5 Å². The summed E-state index contributed by atoms with van der Waals surface area (Å²) >= 11 is 6.11. The predicted octanol–water partition coefficient (Wildman–Crippen LogP) is 2.51. The first-order chi connectivity index (χ1) is 9.15. The first-order valence-electron chi connectivity index (χ1n) is 6.87. The lowest BCUT2D eigenvalue weighted by Gasteiger charge is -2.15. The van der Waals surface area contributed by atoms with Crippen molar-refractivity contribution < 1.29 is 9.53 Å². The molecular weight excluding hydrogens is 262 g/mol. The number of benzene rings is 1. The standard InChI is InChI=1S/C15H18ClNO2/c16-11-6-9-4-5-19-15(9)10(7-11)8-14(18)12-2-1-3-13(12)17/h6-7,12-13H,1-5,8,17H2. The lowest BCUT2D eigenvalue weighted by atomic mass is 9.93. The second-order valence-electron chi connectivity index (χ2n) is 5.50. The van der Waals surface area contributed by atoms with Crippen molar-refractivity contribution >= 4 is 17.4 Å². The van der Waals surface area contributed by atoms with Gasteiger partial charge in [-0.1, -0.05) is 18.0 Å². The van der Waals surface area contributed by atoms with E-state index in [0.717, 1.165) is 42.6 Å². The molecule has 0 saturated heterocycles. The Hall–Kier alpha value is -1.06. The highest BCUT2D eigenvalue weighted by atomic mass is 35.5.